The largest absolute Gasteiger partial charge is 0.489 e. The average Bonchev–Trinajstić information content (AvgIpc) is 3.24. The molecule has 0 bridgehead atoms. The van der Waals surface area contributed by atoms with E-state index in [0.29, 0.717) is 16.9 Å². The first kappa shape index (κ1) is 25.7. The number of nitrogens with zero attached hydrogens (tertiary/aromatic N) is 2. The van der Waals surface area contributed by atoms with Gasteiger partial charge in [-0.1, -0.05) is 36.1 Å². The number of benzene rings is 2. The Balaban J connectivity index is 1.30. The minimum Gasteiger partial charge on any atom is -0.489 e. The van der Waals surface area contributed by atoms with Gasteiger partial charge in [0, 0.05) is 30.8 Å². The highest BCUT2D eigenvalue weighted by Crippen LogP contribution is 2.47. The molecule has 2 aromatic carbocycles. The normalized spacial score (nSPS) is 25.6. The van der Waals surface area contributed by atoms with Crippen LogP contribution in [-0.2, 0) is 34.0 Å². The van der Waals surface area contributed by atoms with Crippen molar-refractivity contribution in [1.82, 2.24) is 15.1 Å². The molecule has 3 aliphatic heterocycles. The van der Waals surface area contributed by atoms with Gasteiger partial charge in [-0.2, -0.15) is 0 Å². The maximum absolute atomic E-state index is 13.3. The second-order valence-electron chi connectivity index (χ2n) is 9.69. The molecule has 2 atom stereocenters. The molecule has 8 nitrogen and oxygen atoms in total. The summed E-state index contributed by atoms with van der Waals surface area (Å²) in [5, 5.41) is -0.109. The first-order valence-corrected chi connectivity index (χ1v) is 12.0. The van der Waals surface area contributed by atoms with Crippen molar-refractivity contribution >= 4 is 49.1 Å². The van der Waals surface area contributed by atoms with E-state index in [0.717, 1.165) is 43.3 Å². The predicted molar refractivity (Wildman–Crippen MR) is 139 cm³/mol. The molecule has 3 aliphatic rings. The zero-order valence-electron chi connectivity index (χ0n) is 20.3. The first-order chi connectivity index (χ1) is 17.6. The van der Waals surface area contributed by atoms with Crippen molar-refractivity contribution in [3.8, 4) is 5.75 Å². The van der Waals surface area contributed by atoms with Gasteiger partial charge in [0.25, 0.3) is 5.91 Å². The SMILES string of the molecule is [B]C1C([B])([B])C(=O)NC(=O)C1([B])N1Cc2c(OCc3ccc(CN4CCOCC4)cc3)cccc2C1=O. The average molecular weight is 489 g/mol. The van der Waals surface area contributed by atoms with E-state index in [4.69, 9.17) is 40.9 Å². The van der Waals surface area contributed by atoms with Crippen molar-refractivity contribution in [2.45, 2.75) is 36.2 Å². The van der Waals surface area contributed by atoms with E-state index in [9.17, 15) is 14.4 Å². The lowest BCUT2D eigenvalue weighted by atomic mass is 9.35. The molecule has 1 N–H and O–H groups in total. The monoisotopic (exact) mass is 489 g/mol. The van der Waals surface area contributed by atoms with Gasteiger partial charge >= 0.3 is 0 Å². The molecular formula is C25H23B4N3O5. The maximum atomic E-state index is 13.3. The fourth-order valence-corrected chi connectivity index (χ4v) is 4.91. The molecule has 12 heteroatoms. The van der Waals surface area contributed by atoms with Gasteiger partial charge in [0.15, 0.2) is 0 Å². The Morgan fingerprint density at radius 1 is 0.973 bits per heavy atom. The van der Waals surface area contributed by atoms with Gasteiger partial charge < -0.3 is 14.4 Å². The van der Waals surface area contributed by atoms with Crippen molar-refractivity contribution in [3.63, 3.8) is 0 Å². The number of ether oxygens (including phenoxy) is 2. The van der Waals surface area contributed by atoms with E-state index in [1.54, 1.807) is 18.2 Å². The van der Waals surface area contributed by atoms with Crippen LogP contribution < -0.4 is 10.1 Å². The van der Waals surface area contributed by atoms with E-state index in [2.05, 4.69) is 17.0 Å². The summed E-state index contributed by atoms with van der Waals surface area (Å²) < 4.78 is 11.5. The number of imide groups is 1. The van der Waals surface area contributed by atoms with Crippen LogP contribution in [0, 0.1) is 0 Å². The summed E-state index contributed by atoms with van der Waals surface area (Å²) in [6.07, 6.45) is 0. The molecule has 2 saturated heterocycles. The lowest BCUT2D eigenvalue weighted by Gasteiger charge is -2.52. The molecule has 0 aliphatic carbocycles. The van der Waals surface area contributed by atoms with E-state index in [1.807, 2.05) is 17.4 Å². The summed E-state index contributed by atoms with van der Waals surface area (Å²) in [7, 11) is 24.2. The lowest BCUT2D eigenvalue weighted by Crippen LogP contribution is -2.70. The Bertz CT molecular complexity index is 1240. The second kappa shape index (κ2) is 9.72. The van der Waals surface area contributed by atoms with Crippen molar-refractivity contribution in [3.05, 3.63) is 64.7 Å². The Hall–Kier alpha value is -2.97. The number of amides is 3. The molecule has 180 valence electrons. The van der Waals surface area contributed by atoms with Gasteiger partial charge in [-0.3, -0.25) is 24.6 Å². The number of carbonyl (C=O) groups excluding carboxylic acids is 3. The number of nitrogens with one attached hydrogen (secondary N) is 1. The van der Waals surface area contributed by atoms with Crippen molar-refractivity contribution < 1.29 is 23.9 Å². The van der Waals surface area contributed by atoms with Crippen LogP contribution in [0.3, 0.4) is 0 Å². The number of piperidine rings is 1. The van der Waals surface area contributed by atoms with Gasteiger partial charge in [0.2, 0.25) is 11.8 Å². The van der Waals surface area contributed by atoms with Crippen LogP contribution in [0.1, 0.15) is 27.0 Å². The highest BCUT2D eigenvalue weighted by Gasteiger charge is 2.57. The Kier molecular flexibility index (Phi) is 6.75. The van der Waals surface area contributed by atoms with Crippen LogP contribution in [-0.4, -0.2) is 90.6 Å². The molecule has 8 radical (unpaired) electrons. The zero-order chi connectivity index (χ0) is 26.4. The third-order valence-corrected chi connectivity index (χ3v) is 7.27. The summed E-state index contributed by atoms with van der Waals surface area (Å²) in [5.74, 6) is -3.51. The second-order valence-corrected chi connectivity index (χ2v) is 9.69. The highest BCUT2D eigenvalue weighted by atomic mass is 16.5. The molecule has 2 fully saturated rings. The number of rotatable bonds is 6. The molecule has 5 rings (SSSR count). The Labute approximate surface area is 221 Å². The third kappa shape index (κ3) is 4.50. The van der Waals surface area contributed by atoms with E-state index in [1.165, 1.54) is 5.56 Å². The van der Waals surface area contributed by atoms with E-state index < -0.39 is 34.2 Å². The molecule has 2 aromatic rings. The highest BCUT2D eigenvalue weighted by molar-refractivity contribution is 6.58. The Morgan fingerprint density at radius 3 is 2.35 bits per heavy atom. The number of fused-ring (bicyclic) bond motifs is 1. The molecule has 0 spiro atoms. The number of carbonyl (C=O) groups is 3. The molecule has 3 heterocycles. The standard InChI is InChI=1S/C25H23B4N3O5/c26-21-24(27,28)22(34)30-23(35)25(21,29)32-13-18-17(20(32)33)2-1-3-19(18)37-14-16-6-4-15(5-7-16)12-31-8-10-36-11-9-31/h1-7,21H,8-14H2,(H,30,34,35). The molecule has 2 unspecified atom stereocenters. The topological polar surface area (TPSA) is 88.2 Å². The van der Waals surface area contributed by atoms with Crippen LogP contribution in [0.2, 0.25) is 11.0 Å². The van der Waals surface area contributed by atoms with Crippen LogP contribution in [0.4, 0.5) is 0 Å². The number of hydrogen-bond acceptors (Lipinski definition) is 6. The molecule has 3 amide bonds. The van der Waals surface area contributed by atoms with Crippen molar-refractivity contribution in [2.24, 2.45) is 0 Å². The minimum absolute atomic E-state index is 0.0648. The minimum atomic E-state index is -2.15. The van der Waals surface area contributed by atoms with Gasteiger partial charge in [-0.05, 0) is 28.5 Å². The summed E-state index contributed by atoms with van der Waals surface area (Å²) >= 11 is 0. The molecular weight excluding hydrogens is 466 g/mol. The van der Waals surface area contributed by atoms with E-state index >= 15 is 0 Å². The van der Waals surface area contributed by atoms with Gasteiger partial charge in [0.05, 0.1) is 48.7 Å². The van der Waals surface area contributed by atoms with Crippen LogP contribution >= 0.6 is 0 Å². The summed E-state index contributed by atoms with van der Waals surface area (Å²) in [5.41, 5.74) is 0.902. The number of morpholine rings is 1. The maximum Gasteiger partial charge on any atom is 0.254 e. The number of hydrogen-bond donors (Lipinski definition) is 1. The molecule has 37 heavy (non-hydrogen) atoms. The fraction of sp³-hybridized carbons (Fsp3) is 0.400. The predicted octanol–water partition coefficient (Wildman–Crippen LogP) is -0.0150. The molecule has 0 saturated carbocycles. The third-order valence-electron chi connectivity index (χ3n) is 7.27. The summed E-state index contributed by atoms with van der Waals surface area (Å²) in [4.78, 5) is 41.6. The van der Waals surface area contributed by atoms with E-state index in [-0.39, 0.29) is 13.2 Å². The van der Waals surface area contributed by atoms with Crippen molar-refractivity contribution in [1.29, 1.82) is 0 Å². The molecule has 0 aromatic heterocycles. The van der Waals surface area contributed by atoms with Gasteiger partial charge in [-0.25, -0.2) is 0 Å². The smallest absolute Gasteiger partial charge is 0.254 e. The quantitative estimate of drug-likeness (QED) is 0.454. The Morgan fingerprint density at radius 2 is 1.65 bits per heavy atom. The van der Waals surface area contributed by atoms with Gasteiger partial charge in [0.1, 0.15) is 20.2 Å². The van der Waals surface area contributed by atoms with Crippen LogP contribution in [0.5, 0.6) is 5.75 Å². The lowest BCUT2D eigenvalue weighted by molar-refractivity contribution is -0.139. The first-order valence-electron chi connectivity index (χ1n) is 12.0. The van der Waals surface area contributed by atoms with Crippen molar-refractivity contribution in [2.75, 3.05) is 26.3 Å². The summed E-state index contributed by atoms with van der Waals surface area (Å²) in [6.45, 7) is 4.43. The van der Waals surface area contributed by atoms with Crippen LogP contribution in [0.15, 0.2) is 42.5 Å². The summed E-state index contributed by atoms with van der Waals surface area (Å²) in [6, 6.07) is 13.2. The van der Waals surface area contributed by atoms with Gasteiger partial charge in [-0.15, -0.1) is 0 Å². The van der Waals surface area contributed by atoms with Crippen LogP contribution in [0.25, 0.3) is 0 Å². The fourth-order valence-electron chi connectivity index (χ4n) is 4.91. The zero-order valence-corrected chi connectivity index (χ0v) is 20.3.